The van der Waals surface area contributed by atoms with Crippen LogP contribution in [0.25, 0.3) is 16.3 Å². The second-order valence-corrected chi connectivity index (χ2v) is 6.85. The molecule has 0 radical (unpaired) electrons. The maximum Gasteiger partial charge on any atom is 0.274 e. The lowest BCUT2D eigenvalue weighted by Gasteiger charge is -2.20. The molecule has 6 nitrogen and oxygen atoms in total. The Morgan fingerprint density at radius 3 is 3.08 bits per heavy atom. The number of fused-ring (bicyclic) bond motifs is 1. The summed E-state index contributed by atoms with van der Waals surface area (Å²) in [6.45, 7) is 2.33. The van der Waals surface area contributed by atoms with Crippen LogP contribution in [0.15, 0.2) is 34.4 Å². The molecule has 2 saturated heterocycles. The molecule has 2 aliphatic rings. The van der Waals surface area contributed by atoms with Crippen molar-refractivity contribution in [1.82, 2.24) is 15.6 Å². The van der Waals surface area contributed by atoms with E-state index in [1.54, 1.807) is 11.3 Å². The molecule has 2 aromatic rings. The van der Waals surface area contributed by atoms with Crippen molar-refractivity contribution in [2.75, 3.05) is 19.8 Å². The molecular weight excluding hydrogens is 324 g/mol. The molecule has 1 aromatic heterocycles. The maximum absolute atomic E-state index is 12.1. The predicted octanol–water partition coefficient (Wildman–Crippen LogP) is 2.14. The van der Waals surface area contributed by atoms with Crippen molar-refractivity contribution in [2.45, 2.75) is 12.8 Å². The number of benzene rings is 1. The van der Waals surface area contributed by atoms with Crippen LogP contribution in [0.4, 0.5) is 0 Å². The second kappa shape index (κ2) is 6.70. The smallest absolute Gasteiger partial charge is 0.274 e. The van der Waals surface area contributed by atoms with E-state index in [0.29, 0.717) is 24.1 Å². The third-order valence-electron chi connectivity index (χ3n) is 4.24. The van der Waals surface area contributed by atoms with Crippen LogP contribution in [-0.2, 0) is 9.53 Å². The van der Waals surface area contributed by atoms with Gasteiger partial charge in [-0.1, -0.05) is 6.07 Å². The minimum Gasteiger partial charge on any atom is -0.381 e. The van der Waals surface area contributed by atoms with E-state index in [9.17, 15) is 4.79 Å². The summed E-state index contributed by atoms with van der Waals surface area (Å²) in [5.41, 5.74) is 4.28. The first-order valence-electron chi connectivity index (χ1n) is 8.03. The fraction of sp³-hybridized carbons (Fsp3) is 0.353. The Labute approximate surface area is 143 Å². The minimum atomic E-state index is -0.148. The Balaban J connectivity index is 1.46. The van der Waals surface area contributed by atoms with E-state index in [1.807, 2.05) is 29.8 Å². The van der Waals surface area contributed by atoms with Crippen molar-refractivity contribution in [1.29, 1.82) is 0 Å². The topological polar surface area (TPSA) is 75.6 Å². The van der Waals surface area contributed by atoms with Gasteiger partial charge in [-0.3, -0.25) is 15.1 Å². The molecule has 24 heavy (non-hydrogen) atoms. The first kappa shape index (κ1) is 15.3. The Kier molecular flexibility index (Phi) is 4.27. The van der Waals surface area contributed by atoms with Crippen LogP contribution in [-0.4, -0.2) is 36.6 Å². The van der Waals surface area contributed by atoms with Gasteiger partial charge in [-0.2, -0.15) is 0 Å². The zero-order chi connectivity index (χ0) is 16.4. The lowest BCUT2D eigenvalue weighted by atomic mass is 10.0. The molecule has 1 aromatic carbocycles. The number of carbonyl (C=O) groups excluding carboxylic acids is 1. The summed E-state index contributed by atoms with van der Waals surface area (Å²) >= 11 is 1.59. The number of aliphatic imine (C=N–C) groups is 1. The lowest BCUT2D eigenvalue weighted by molar-refractivity contribution is -0.115. The van der Waals surface area contributed by atoms with E-state index in [1.165, 1.54) is 0 Å². The van der Waals surface area contributed by atoms with Crippen molar-refractivity contribution in [3.63, 3.8) is 0 Å². The molecule has 3 heterocycles. The second-order valence-electron chi connectivity index (χ2n) is 5.96. The number of carbonyl (C=O) groups is 1. The zero-order valence-electron chi connectivity index (χ0n) is 13.1. The molecule has 0 spiro atoms. The van der Waals surface area contributed by atoms with Gasteiger partial charge in [-0.25, -0.2) is 4.98 Å². The number of amides is 1. The Morgan fingerprint density at radius 2 is 2.21 bits per heavy atom. The third kappa shape index (κ3) is 3.32. The summed E-state index contributed by atoms with van der Waals surface area (Å²) in [4.78, 5) is 20.9. The molecule has 1 amide bonds. The lowest BCUT2D eigenvalue weighted by Crippen LogP contribution is -2.27. The van der Waals surface area contributed by atoms with Crippen molar-refractivity contribution >= 4 is 39.5 Å². The monoisotopic (exact) mass is 342 g/mol. The van der Waals surface area contributed by atoms with Crippen molar-refractivity contribution in [3.8, 4) is 0 Å². The van der Waals surface area contributed by atoms with Gasteiger partial charge < -0.3 is 10.1 Å². The van der Waals surface area contributed by atoms with E-state index in [4.69, 9.17) is 4.74 Å². The summed E-state index contributed by atoms with van der Waals surface area (Å²) in [6.07, 6.45) is 3.90. The van der Waals surface area contributed by atoms with Gasteiger partial charge in [-0.05, 0) is 42.5 Å². The molecule has 124 valence electrons. The van der Waals surface area contributed by atoms with E-state index < -0.39 is 0 Å². The van der Waals surface area contributed by atoms with Crippen LogP contribution in [0.3, 0.4) is 0 Å². The summed E-state index contributed by atoms with van der Waals surface area (Å²) < 4.78 is 6.46. The van der Waals surface area contributed by atoms with Gasteiger partial charge in [-0.15, -0.1) is 11.3 Å². The van der Waals surface area contributed by atoms with Crippen LogP contribution >= 0.6 is 11.3 Å². The summed E-state index contributed by atoms with van der Waals surface area (Å²) in [5, 5.41) is 5.86. The molecule has 2 N–H and O–H groups in total. The highest BCUT2D eigenvalue weighted by Crippen LogP contribution is 2.21. The van der Waals surface area contributed by atoms with Gasteiger partial charge in [0.05, 0.1) is 15.7 Å². The SMILES string of the molecule is O=C1NC(=NCC2CCOCC2)N/C1=C\c1ccc2ncsc2c1. The van der Waals surface area contributed by atoms with Gasteiger partial charge in [0.2, 0.25) is 5.96 Å². The van der Waals surface area contributed by atoms with Crippen LogP contribution < -0.4 is 10.6 Å². The van der Waals surface area contributed by atoms with Crippen LogP contribution in [0.5, 0.6) is 0 Å². The number of ether oxygens (including phenoxy) is 1. The third-order valence-corrected chi connectivity index (χ3v) is 5.04. The molecule has 0 bridgehead atoms. The largest absolute Gasteiger partial charge is 0.381 e. The van der Waals surface area contributed by atoms with Gasteiger partial charge in [0.15, 0.2) is 0 Å². The molecule has 0 atom stereocenters. The number of aromatic nitrogens is 1. The molecule has 2 fully saturated rings. The predicted molar refractivity (Wildman–Crippen MR) is 94.7 cm³/mol. The molecular formula is C17H18N4O2S. The fourth-order valence-electron chi connectivity index (χ4n) is 2.85. The molecule has 7 heteroatoms. The first-order chi connectivity index (χ1) is 11.8. The molecule has 0 unspecified atom stereocenters. The van der Waals surface area contributed by atoms with E-state index in [-0.39, 0.29) is 5.91 Å². The van der Waals surface area contributed by atoms with Crippen LogP contribution in [0.1, 0.15) is 18.4 Å². The highest BCUT2D eigenvalue weighted by molar-refractivity contribution is 7.16. The van der Waals surface area contributed by atoms with Gasteiger partial charge in [0, 0.05) is 19.8 Å². The first-order valence-corrected chi connectivity index (χ1v) is 8.91. The number of thiazole rings is 1. The molecule has 0 saturated carbocycles. The number of hydrogen-bond donors (Lipinski definition) is 2. The summed E-state index contributed by atoms with van der Waals surface area (Å²) in [5.74, 6) is 0.924. The minimum absolute atomic E-state index is 0.148. The number of hydrogen-bond acceptors (Lipinski definition) is 5. The van der Waals surface area contributed by atoms with Crippen molar-refractivity contribution in [2.24, 2.45) is 10.9 Å². The Morgan fingerprint density at radius 1 is 1.33 bits per heavy atom. The molecule has 4 rings (SSSR count). The summed E-state index contributed by atoms with van der Waals surface area (Å²) in [7, 11) is 0. The van der Waals surface area contributed by atoms with Gasteiger partial charge >= 0.3 is 0 Å². The Bertz CT molecular complexity index is 821. The number of rotatable bonds is 3. The molecule has 0 aliphatic carbocycles. The highest BCUT2D eigenvalue weighted by atomic mass is 32.1. The average molecular weight is 342 g/mol. The van der Waals surface area contributed by atoms with Crippen LogP contribution in [0, 0.1) is 5.92 Å². The number of nitrogens with one attached hydrogen (secondary N) is 2. The Hall–Kier alpha value is -2.25. The fourth-order valence-corrected chi connectivity index (χ4v) is 3.57. The standard InChI is InChI=1S/C17H18N4O2S/c22-16-14(7-12-1-2-13-15(8-12)24-10-19-13)20-17(21-16)18-9-11-3-5-23-6-4-11/h1-2,7-8,10-11H,3-6,9H2,(H2,18,20,21,22)/b14-7-. The molecule has 2 aliphatic heterocycles. The van der Waals surface area contributed by atoms with E-state index in [0.717, 1.165) is 41.8 Å². The van der Waals surface area contributed by atoms with E-state index in [2.05, 4.69) is 20.6 Å². The van der Waals surface area contributed by atoms with Crippen LogP contribution in [0.2, 0.25) is 0 Å². The highest BCUT2D eigenvalue weighted by Gasteiger charge is 2.22. The summed E-state index contributed by atoms with van der Waals surface area (Å²) in [6, 6.07) is 5.96. The number of nitrogens with zero attached hydrogens (tertiary/aromatic N) is 2. The van der Waals surface area contributed by atoms with E-state index >= 15 is 0 Å². The number of guanidine groups is 1. The maximum atomic E-state index is 12.1. The normalized spacial score (nSPS) is 22.2. The average Bonchev–Trinajstić information content (AvgIpc) is 3.20. The quantitative estimate of drug-likeness (QED) is 0.838. The van der Waals surface area contributed by atoms with Gasteiger partial charge in [0.1, 0.15) is 5.70 Å². The van der Waals surface area contributed by atoms with Crippen molar-refractivity contribution in [3.05, 3.63) is 35.0 Å². The van der Waals surface area contributed by atoms with Gasteiger partial charge in [0.25, 0.3) is 5.91 Å². The van der Waals surface area contributed by atoms with Crippen molar-refractivity contribution < 1.29 is 9.53 Å². The zero-order valence-corrected chi connectivity index (χ0v) is 13.9.